The number of benzene rings is 3. The summed E-state index contributed by atoms with van der Waals surface area (Å²) in [4.78, 5) is 10.9. The number of nitrogens with zero attached hydrogens (tertiary/aromatic N) is 3. The van der Waals surface area contributed by atoms with Crippen LogP contribution < -0.4 is 4.74 Å². The zero-order chi connectivity index (χ0) is 20.8. The van der Waals surface area contributed by atoms with E-state index in [-0.39, 0.29) is 11.7 Å². The van der Waals surface area contributed by atoms with Gasteiger partial charge in [0.25, 0.3) is 5.69 Å². The largest absolute Gasteiger partial charge is 0.463 e. The van der Waals surface area contributed by atoms with E-state index in [1.165, 1.54) is 6.07 Å². The van der Waals surface area contributed by atoms with E-state index in [0.29, 0.717) is 12.0 Å². The highest BCUT2D eigenvalue weighted by Crippen LogP contribution is 2.51. The van der Waals surface area contributed by atoms with Gasteiger partial charge in [-0.15, -0.1) is 0 Å². The summed E-state index contributed by atoms with van der Waals surface area (Å²) in [6.07, 6.45) is 0.149. The van der Waals surface area contributed by atoms with Crippen LogP contribution in [0, 0.1) is 10.1 Å². The third kappa shape index (κ3) is 3.30. The summed E-state index contributed by atoms with van der Waals surface area (Å²) in [5.74, 6) is 0.737. The fraction of sp³-hybridized carbons (Fsp3) is 0.136. The summed E-state index contributed by atoms with van der Waals surface area (Å²) < 4.78 is 8.14. The Balaban J connectivity index is 1.64. The number of nitro groups is 1. The van der Waals surface area contributed by atoms with Crippen LogP contribution in [0.25, 0.3) is 0 Å². The molecule has 2 aliphatic heterocycles. The van der Waals surface area contributed by atoms with Crippen molar-refractivity contribution < 1.29 is 9.66 Å². The monoisotopic (exact) mass is 527 g/mol. The smallest absolute Gasteiger partial charge is 0.269 e. The van der Waals surface area contributed by atoms with Crippen molar-refractivity contribution in [3.63, 3.8) is 0 Å². The van der Waals surface area contributed by atoms with Gasteiger partial charge < -0.3 is 4.74 Å². The Bertz CT molecular complexity index is 1180. The van der Waals surface area contributed by atoms with Crippen molar-refractivity contribution in [2.24, 2.45) is 5.10 Å². The summed E-state index contributed by atoms with van der Waals surface area (Å²) in [5, 5.41) is 18.1. The van der Waals surface area contributed by atoms with Crippen molar-refractivity contribution in [1.29, 1.82) is 0 Å². The maximum absolute atomic E-state index is 11.3. The molecule has 0 saturated carbocycles. The van der Waals surface area contributed by atoms with Gasteiger partial charge in [-0.1, -0.05) is 58.4 Å². The van der Waals surface area contributed by atoms with Crippen LogP contribution in [0.2, 0.25) is 0 Å². The van der Waals surface area contributed by atoms with E-state index in [2.05, 4.69) is 31.9 Å². The second kappa shape index (κ2) is 7.52. The summed E-state index contributed by atoms with van der Waals surface area (Å²) in [7, 11) is 0. The molecule has 0 N–H and O–H groups in total. The molecule has 30 heavy (non-hydrogen) atoms. The molecule has 2 unspecified atom stereocenters. The molecule has 2 atom stereocenters. The van der Waals surface area contributed by atoms with Crippen molar-refractivity contribution in [2.75, 3.05) is 0 Å². The van der Waals surface area contributed by atoms with Crippen LogP contribution in [-0.2, 0) is 0 Å². The first-order valence-corrected chi connectivity index (χ1v) is 10.9. The van der Waals surface area contributed by atoms with Gasteiger partial charge >= 0.3 is 0 Å². The fourth-order valence-corrected chi connectivity index (χ4v) is 5.28. The summed E-state index contributed by atoms with van der Waals surface area (Å²) in [6.45, 7) is 0. The number of fused-ring (bicyclic) bond motifs is 3. The van der Waals surface area contributed by atoms with E-state index in [1.54, 1.807) is 12.1 Å². The minimum absolute atomic E-state index is 0.0276. The molecular weight excluding hydrogens is 514 g/mol. The number of nitro benzene ring substituents is 1. The first-order valence-electron chi connectivity index (χ1n) is 9.32. The van der Waals surface area contributed by atoms with Crippen molar-refractivity contribution in [1.82, 2.24) is 5.01 Å². The SMILES string of the molecule is O=[N+]([O-])c1cccc(C2Oc3c(Br)cc(Br)cc3C3CC(c4ccccc4)=NN32)c1. The number of non-ortho nitro benzene ring substituents is 1. The number of ether oxygens (including phenoxy) is 1. The van der Waals surface area contributed by atoms with Gasteiger partial charge in [-0.25, -0.2) is 5.01 Å². The van der Waals surface area contributed by atoms with Crippen LogP contribution in [0.1, 0.15) is 35.4 Å². The summed E-state index contributed by atoms with van der Waals surface area (Å²) in [6, 6.07) is 20.5. The van der Waals surface area contributed by atoms with Gasteiger partial charge in [0.05, 0.1) is 21.1 Å². The van der Waals surface area contributed by atoms with E-state index in [0.717, 1.165) is 31.5 Å². The van der Waals surface area contributed by atoms with E-state index in [1.807, 2.05) is 53.5 Å². The molecule has 3 aromatic rings. The summed E-state index contributed by atoms with van der Waals surface area (Å²) >= 11 is 7.18. The van der Waals surface area contributed by atoms with Crippen LogP contribution in [0.15, 0.2) is 80.8 Å². The molecule has 6 nitrogen and oxygen atoms in total. The topological polar surface area (TPSA) is 68.0 Å². The number of rotatable bonds is 3. The quantitative estimate of drug-likeness (QED) is 0.293. The molecule has 0 fully saturated rings. The van der Waals surface area contributed by atoms with Crippen LogP contribution in [0.5, 0.6) is 5.75 Å². The highest BCUT2D eigenvalue weighted by Gasteiger charge is 2.42. The van der Waals surface area contributed by atoms with Gasteiger partial charge in [-0.3, -0.25) is 10.1 Å². The average molecular weight is 529 g/mol. The first kappa shape index (κ1) is 19.3. The van der Waals surface area contributed by atoms with Crippen molar-refractivity contribution in [2.45, 2.75) is 18.7 Å². The molecule has 3 aromatic carbocycles. The molecule has 0 aromatic heterocycles. The average Bonchev–Trinajstić information content (AvgIpc) is 3.20. The van der Waals surface area contributed by atoms with Crippen LogP contribution in [0.3, 0.4) is 0 Å². The number of halogens is 2. The zero-order valence-electron chi connectivity index (χ0n) is 15.5. The number of hydrogen-bond acceptors (Lipinski definition) is 5. The van der Waals surface area contributed by atoms with Gasteiger partial charge in [0, 0.05) is 34.2 Å². The lowest BCUT2D eigenvalue weighted by Gasteiger charge is -2.38. The molecule has 0 bridgehead atoms. The number of hydrogen-bond donors (Lipinski definition) is 0. The Hall–Kier alpha value is -2.71. The van der Waals surface area contributed by atoms with Crippen molar-refractivity contribution >= 4 is 43.3 Å². The molecule has 2 heterocycles. The molecular formula is C22H15Br2N3O3. The van der Waals surface area contributed by atoms with Crippen molar-refractivity contribution in [3.8, 4) is 5.75 Å². The Morgan fingerprint density at radius 1 is 1.07 bits per heavy atom. The van der Waals surface area contributed by atoms with E-state index in [9.17, 15) is 10.1 Å². The van der Waals surface area contributed by atoms with E-state index >= 15 is 0 Å². The van der Waals surface area contributed by atoms with Crippen LogP contribution >= 0.6 is 31.9 Å². The van der Waals surface area contributed by atoms with Gasteiger partial charge in [-0.05, 0) is 33.6 Å². The standard InChI is InChI=1S/C22H15Br2N3O3/c23-15-10-17-20-12-19(13-5-2-1-3-6-13)25-26(20)22(30-21(17)18(24)11-15)14-7-4-8-16(9-14)27(28)29/h1-11,20,22H,12H2. The minimum Gasteiger partial charge on any atom is -0.463 e. The van der Waals surface area contributed by atoms with Crippen molar-refractivity contribution in [3.05, 3.63) is 102 Å². The molecule has 5 rings (SSSR count). The second-order valence-electron chi connectivity index (χ2n) is 7.14. The molecule has 150 valence electrons. The predicted octanol–water partition coefficient (Wildman–Crippen LogP) is 6.36. The molecule has 8 heteroatoms. The molecule has 0 spiro atoms. The molecule has 0 aliphatic carbocycles. The lowest BCUT2D eigenvalue weighted by Crippen LogP contribution is -2.34. The van der Waals surface area contributed by atoms with Gasteiger partial charge in [0.2, 0.25) is 6.23 Å². The summed E-state index contributed by atoms with van der Waals surface area (Å²) in [5.41, 5.74) is 3.75. The van der Waals surface area contributed by atoms with Crippen LogP contribution in [-0.4, -0.2) is 15.6 Å². The first-order chi connectivity index (χ1) is 14.5. The highest BCUT2D eigenvalue weighted by molar-refractivity contribution is 9.11. The van der Waals surface area contributed by atoms with Crippen LogP contribution in [0.4, 0.5) is 5.69 Å². The van der Waals surface area contributed by atoms with E-state index in [4.69, 9.17) is 9.84 Å². The Labute approximate surface area is 189 Å². The lowest BCUT2D eigenvalue weighted by atomic mass is 9.96. The minimum atomic E-state index is -0.568. The van der Waals surface area contributed by atoms with Gasteiger partial charge in [-0.2, -0.15) is 5.10 Å². The van der Waals surface area contributed by atoms with E-state index < -0.39 is 11.2 Å². The lowest BCUT2D eigenvalue weighted by molar-refractivity contribution is -0.385. The highest BCUT2D eigenvalue weighted by atomic mass is 79.9. The Kier molecular flexibility index (Phi) is 4.83. The molecule has 0 radical (unpaired) electrons. The zero-order valence-corrected chi connectivity index (χ0v) is 18.7. The Morgan fingerprint density at radius 2 is 1.87 bits per heavy atom. The molecule has 0 saturated heterocycles. The number of hydrazone groups is 1. The third-order valence-corrected chi connectivity index (χ3v) is 6.33. The Morgan fingerprint density at radius 3 is 2.63 bits per heavy atom. The molecule has 2 aliphatic rings. The maximum atomic E-state index is 11.3. The van der Waals surface area contributed by atoms with Gasteiger partial charge in [0.15, 0.2) is 0 Å². The molecule has 0 amide bonds. The fourth-order valence-electron chi connectivity index (χ4n) is 3.93. The third-order valence-electron chi connectivity index (χ3n) is 5.28. The van der Waals surface area contributed by atoms with Gasteiger partial charge in [0.1, 0.15) is 5.75 Å². The maximum Gasteiger partial charge on any atom is 0.269 e. The predicted molar refractivity (Wildman–Crippen MR) is 120 cm³/mol. The normalized spacial score (nSPS) is 19.5. The second-order valence-corrected chi connectivity index (χ2v) is 8.91.